The van der Waals surface area contributed by atoms with Crippen LogP contribution in [0.25, 0.3) is 0 Å². The molecular formula is C18H19NO3. The molecule has 0 unspecified atom stereocenters. The highest BCUT2D eigenvalue weighted by atomic mass is 16.5. The van der Waals surface area contributed by atoms with Crippen molar-refractivity contribution in [2.24, 2.45) is 0 Å². The number of hydrogen-bond donors (Lipinski definition) is 0. The smallest absolute Gasteiger partial charge is 0.227 e. The van der Waals surface area contributed by atoms with Crippen molar-refractivity contribution < 1.29 is 14.3 Å². The van der Waals surface area contributed by atoms with E-state index in [-0.39, 0.29) is 5.91 Å². The van der Waals surface area contributed by atoms with Crippen LogP contribution in [0.3, 0.4) is 0 Å². The number of nitrogens with zero attached hydrogens (tertiary/aromatic N) is 1. The van der Waals surface area contributed by atoms with Crippen LogP contribution in [0.4, 0.5) is 0 Å². The summed E-state index contributed by atoms with van der Waals surface area (Å²) < 4.78 is 11.0. The number of para-hydroxylation sites is 1. The van der Waals surface area contributed by atoms with Gasteiger partial charge in [0.05, 0.1) is 19.6 Å². The van der Waals surface area contributed by atoms with Crippen molar-refractivity contribution in [3.8, 4) is 11.5 Å². The van der Waals surface area contributed by atoms with Crippen LogP contribution in [0.15, 0.2) is 54.6 Å². The first-order chi connectivity index (χ1) is 10.8. The van der Waals surface area contributed by atoms with Crippen molar-refractivity contribution in [1.29, 1.82) is 0 Å². The molecule has 1 aliphatic heterocycles. The molecule has 0 saturated carbocycles. The summed E-state index contributed by atoms with van der Waals surface area (Å²) in [4.78, 5) is 14.0. The first kappa shape index (κ1) is 14.6. The van der Waals surface area contributed by atoms with E-state index in [0.29, 0.717) is 32.7 Å². The van der Waals surface area contributed by atoms with E-state index in [1.807, 2.05) is 59.5 Å². The Morgan fingerprint density at radius 3 is 2.27 bits per heavy atom. The summed E-state index contributed by atoms with van der Waals surface area (Å²) in [5.41, 5.74) is 0.997. The summed E-state index contributed by atoms with van der Waals surface area (Å²) in [5.74, 6) is 1.73. The minimum atomic E-state index is 0.153. The monoisotopic (exact) mass is 297 g/mol. The summed E-state index contributed by atoms with van der Waals surface area (Å²) in [6.07, 6.45) is 0.422. The van der Waals surface area contributed by atoms with Crippen LogP contribution < -0.4 is 4.74 Å². The van der Waals surface area contributed by atoms with E-state index in [2.05, 4.69) is 0 Å². The highest BCUT2D eigenvalue weighted by Crippen LogP contribution is 2.21. The molecule has 4 heteroatoms. The van der Waals surface area contributed by atoms with Gasteiger partial charge in [-0.05, 0) is 29.8 Å². The highest BCUT2D eigenvalue weighted by molar-refractivity contribution is 5.78. The normalized spacial score (nSPS) is 14.6. The fourth-order valence-corrected chi connectivity index (χ4v) is 2.40. The molecule has 1 aliphatic rings. The molecule has 0 aliphatic carbocycles. The van der Waals surface area contributed by atoms with Gasteiger partial charge in [-0.25, -0.2) is 0 Å². The third kappa shape index (κ3) is 3.86. The van der Waals surface area contributed by atoms with Gasteiger partial charge in [0, 0.05) is 13.1 Å². The largest absolute Gasteiger partial charge is 0.457 e. The molecule has 2 aromatic rings. The van der Waals surface area contributed by atoms with Gasteiger partial charge >= 0.3 is 0 Å². The molecule has 2 aromatic carbocycles. The van der Waals surface area contributed by atoms with Gasteiger partial charge in [0.2, 0.25) is 5.91 Å². The maximum Gasteiger partial charge on any atom is 0.227 e. The van der Waals surface area contributed by atoms with E-state index in [1.54, 1.807) is 0 Å². The van der Waals surface area contributed by atoms with Crippen LogP contribution in [0.1, 0.15) is 5.56 Å². The molecule has 1 heterocycles. The van der Waals surface area contributed by atoms with Gasteiger partial charge in [0.1, 0.15) is 11.5 Å². The van der Waals surface area contributed by atoms with Gasteiger partial charge in [-0.15, -0.1) is 0 Å². The lowest BCUT2D eigenvalue weighted by atomic mass is 10.1. The SMILES string of the molecule is O=C(Cc1ccc(Oc2ccccc2)cc1)N1CCOCC1. The quantitative estimate of drug-likeness (QED) is 0.871. The fourth-order valence-electron chi connectivity index (χ4n) is 2.40. The third-order valence-electron chi connectivity index (χ3n) is 3.62. The number of rotatable bonds is 4. The molecule has 0 spiro atoms. The van der Waals surface area contributed by atoms with E-state index < -0.39 is 0 Å². The Balaban J connectivity index is 1.58. The number of morpholine rings is 1. The zero-order valence-electron chi connectivity index (χ0n) is 12.4. The lowest BCUT2D eigenvalue weighted by molar-refractivity contribution is -0.134. The van der Waals surface area contributed by atoms with E-state index in [9.17, 15) is 4.79 Å². The second-order valence-corrected chi connectivity index (χ2v) is 5.23. The Kier molecular flexibility index (Phi) is 4.71. The Labute approximate surface area is 130 Å². The molecule has 0 atom stereocenters. The molecule has 114 valence electrons. The topological polar surface area (TPSA) is 38.8 Å². The predicted molar refractivity (Wildman–Crippen MR) is 84.1 cm³/mol. The first-order valence-electron chi connectivity index (χ1n) is 7.48. The lowest BCUT2D eigenvalue weighted by Crippen LogP contribution is -2.41. The molecule has 0 bridgehead atoms. The van der Waals surface area contributed by atoms with Gasteiger partial charge in [-0.2, -0.15) is 0 Å². The zero-order valence-corrected chi connectivity index (χ0v) is 12.4. The zero-order chi connectivity index (χ0) is 15.2. The molecule has 3 rings (SSSR count). The maximum absolute atomic E-state index is 12.2. The van der Waals surface area contributed by atoms with E-state index in [1.165, 1.54) is 0 Å². The van der Waals surface area contributed by atoms with Gasteiger partial charge in [0.25, 0.3) is 0 Å². The fraction of sp³-hybridized carbons (Fsp3) is 0.278. The van der Waals surface area contributed by atoms with Crippen LogP contribution in [-0.4, -0.2) is 37.1 Å². The Hall–Kier alpha value is -2.33. The van der Waals surface area contributed by atoms with Crippen molar-refractivity contribution in [2.45, 2.75) is 6.42 Å². The molecule has 1 fully saturated rings. The van der Waals surface area contributed by atoms with E-state index >= 15 is 0 Å². The Bertz CT molecular complexity index is 604. The Morgan fingerprint density at radius 1 is 0.955 bits per heavy atom. The molecule has 0 radical (unpaired) electrons. The summed E-state index contributed by atoms with van der Waals surface area (Å²) in [7, 11) is 0. The van der Waals surface area contributed by atoms with Gasteiger partial charge in [-0.3, -0.25) is 4.79 Å². The molecular weight excluding hydrogens is 278 g/mol. The third-order valence-corrected chi connectivity index (χ3v) is 3.62. The molecule has 1 amide bonds. The van der Waals surface area contributed by atoms with Crippen molar-refractivity contribution in [1.82, 2.24) is 4.90 Å². The molecule has 4 nitrogen and oxygen atoms in total. The minimum absolute atomic E-state index is 0.153. The average Bonchev–Trinajstić information content (AvgIpc) is 2.58. The van der Waals surface area contributed by atoms with Crippen LogP contribution in [0.5, 0.6) is 11.5 Å². The van der Waals surface area contributed by atoms with Crippen LogP contribution in [0, 0.1) is 0 Å². The number of carbonyl (C=O) groups excluding carboxylic acids is 1. The van der Waals surface area contributed by atoms with E-state index in [0.717, 1.165) is 17.1 Å². The van der Waals surface area contributed by atoms with Gasteiger partial charge in [0.15, 0.2) is 0 Å². The second kappa shape index (κ2) is 7.09. The lowest BCUT2D eigenvalue weighted by Gasteiger charge is -2.26. The summed E-state index contributed by atoms with van der Waals surface area (Å²) in [6.45, 7) is 2.65. The summed E-state index contributed by atoms with van der Waals surface area (Å²) >= 11 is 0. The number of amides is 1. The van der Waals surface area contributed by atoms with Crippen LogP contribution >= 0.6 is 0 Å². The first-order valence-corrected chi connectivity index (χ1v) is 7.48. The minimum Gasteiger partial charge on any atom is -0.457 e. The van der Waals surface area contributed by atoms with E-state index in [4.69, 9.17) is 9.47 Å². The molecule has 1 saturated heterocycles. The van der Waals surface area contributed by atoms with Crippen LogP contribution in [0.2, 0.25) is 0 Å². The van der Waals surface area contributed by atoms with Crippen LogP contribution in [-0.2, 0) is 16.0 Å². The summed E-state index contributed by atoms with van der Waals surface area (Å²) in [6, 6.07) is 17.3. The number of benzene rings is 2. The van der Waals surface area contributed by atoms with Crippen molar-refractivity contribution in [3.05, 3.63) is 60.2 Å². The Morgan fingerprint density at radius 2 is 1.59 bits per heavy atom. The maximum atomic E-state index is 12.2. The van der Waals surface area contributed by atoms with Gasteiger partial charge < -0.3 is 14.4 Å². The molecule has 22 heavy (non-hydrogen) atoms. The average molecular weight is 297 g/mol. The predicted octanol–water partition coefficient (Wildman–Crippen LogP) is 2.88. The van der Waals surface area contributed by atoms with Gasteiger partial charge in [-0.1, -0.05) is 30.3 Å². The van der Waals surface area contributed by atoms with Crippen molar-refractivity contribution >= 4 is 5.91 Å². The number of hydrogen-bond acceptors (Lipinski definition) is 3. The molecule has 0 N–H and O–H groups in total. The number of carbonyl (C=O) groups is 1. The van der Waals surface area contributed by atoms with Crippen molar-refractivity contribution in [2.75, 3.05) is 26.3 Å². The summed E-state index contributed by atoms with van der Waals surface area (Å²) in [5, 5.41) is 0. The van der Waals surface area contributed by atoms with Crippen molar-refractivity contribution in [3.63, 3.8) is 0 Å². The second-order valence-electron chi connectivity index (χ2n) is 5.23. The standard InChI is InChI=1S/C18H19NO3/c20-18(19-10-12-21-13-11-19)14-15-6-8-17(9-7-15)22-16-4-2-1-3-5-16/h1-9H,10-14H2. The highest BCUT2D eigenvalue weighted by Gasteiger charge is 2.16. The number of ether oxygens (including phenoxy) is 2. The molecule has 0 aromatic heterocycles.